The van der Waals surface area contributed by atoms with Crippen LogP contribution in [0.3, 0.4) is 0 Å². The van der Waals surface area contributed by atoms with E-state index in [1.807, 2.05) is 11.7 Å². The van der Waals surface area contributed by atoms with E-state index in [-0.39, 0.29) is 0 Å². The summed E-state index contributed by atoms with van der Waals surface area (Å²) in [6.45, 7) is 8.32. The predicted molar refractivity (Wildman–Crippen MR) is 54.7 cm³/mol. The average molecular weight is 176 g/mol. The van der Waals surface area contributed by atoms with E-state index in [1.54, 1.807) is 0 Å². The van der Waals surface area contributed by atoms with Crippen LogP contribution in [-0.2, 0) is 7.05 Å². The molecular formula is C11H16N2. The van der Waals surface area contributed by atoms with Gasteiger partial charge in [-0.15, -0.1) is 0 Å². The Morgan fingerprint density at radius 2 is 2.08 bits per heavy atom. The van der Waals surface area contributed by atoms with E-state index in [0.29, 0.717) is 5.92 Å². The molecule has 1 heterocycles. The second-order valence-electron chi connectivity index (χ2n) is 4.10. The van der Waals surface area contributed by atoms with E-state index in [9.17, 15) is 0 Å². The van der Waals surface area contributed by atoms with Crippen LogP contribution in [0, 0.1) is 0 Å². The Bertz CT molecular complexity index is 431. The second-order valence-corrected chi connectivity index (χ2v) is 4.10. The molecule has 0 spiro atoms. The first-order valence-corrected chi connectivity index (χ1v) is 4.80. The quantitative estimate of drug-likeness (QED) is 0.621. The van der Waals surface area contributed by atoms with Crippen LogP contribution in [-0.4, -0.2) is 9.78 Å². The smallest absolute Gasteiger partial charge is 0.0733 e. The van der Waals surface area contributed by atoms with Gasteiger partial charge in [-0.05, 0) is 26.7 Å². The molecule has 2 heteroatoms. The molecule has 0 aliphatic heterocycles. The fourth-order valence-corrected chi connectivity index (χ4v) is 1.77. The van der Waals surface area contributed by atoms with Crippen molar-refractivity contribution >= 4 is 12.2 Å². The Balaban J connectivity index is 2.76. The number of hydrogen-bond donors (Lipinski definition) is 0. The van der Waals surface area contributed by atoms with Gasteiger partial charge in [0, 0.05) is 18.2 Å². The van der Waals surface area contributed by atoms with Gasteiger partial charge in [-0.25, -0.2) is 0 Å². The highest BCUT2D eigenvalue weighted by molar-refractivity contribution is 5.41. The molecule has 1 aromatic heterocycles. The minimum atomic E-state index is 0.714. The molecule has 1 aliphatic rings. The fraction of sp³-hybridized carbons (Fsp3) is 0.545. The maximum Gasteiger partial charge on any atom is 0.0733 e. The Kier molecular flexibility index (Phi) is 1.79. The Labute approximate surface area is 78.6 Å². The molecule has 1 fully saturated rings. The van der Waals surface area contributed by atoms with E-state index in [2.05, 4.69) is 25.5 Å². The molecule has 0 amide bonds. The monoisotopic (exact) mass is 176 g/mol. The summed E-state index contributed by atoms with van der Waals surface area (Å²) < 4.78 is 1.90. The van der Waals surface area contributed by atoms with E-state index < -0.39 is 0 Å². The summed E-state index contributed by atoms with van der Waals surface area (Å²) >= 11 is 0. The van der Waals surface area contributed by atoms with E-state index >= 15 is 0 Å². The Morgan fingerprint density at radius 3 is 2.54 bits per heavy atom. The van der Waals surface area contributed by atoms with E-state index in [1.165, 1.54) is 29.3 Å². The molecule has 0 N–H and O–H groups in total. The van der Waals surface area contributed by atoms with E-state index in [0.717, 1.165) is 5.35 Å². The number of rotatable bonds is 1. The molecule has 0 bridgehead atoms. The fourth-order valence-electron chi connectivity index (χ4n) is 1.77. The van der Waals surface area contributed by atoms with Gasteiger partial charge in [0.2, 0.25) is 0 Å². The lowest BCUT2D eigenvalue weighted by atomic mass is 10.1. The Hall–Kier alpha value is -1.05. The van der Waals surface area contributed by atoms with Crippen molar-refractivity contribution in [2.24, 2.45) is 7.05 Å². The van der Waals surface area contributed by atoms with Crippen molar-refractivity contribution in [2.75, 3.05) is 0 Å². The molecule has 2 nitrogen and oxygen atoms in total. The minimum Gasteiger partial charge on any atom is -0.268 e. The maximum atomic E-state index is 4.53. The summed E-state index contributed by atoms with van der Waals surface area (Å²) in [6, 6.07) is 0. The maximum absolute atomic E-state index is 4.53. The van der Waals surface area contributed by atoms with Crippen molar-refractivity contribution in [3.63, 3.8) is 0 Å². The van der Waals surface area contributed by atoms with Crippen LogP contribution in [0.25, 0.3) is 12.2 Å². The molecule has 1 aromatic rings. The van der Waals surface area contributed by atoms with Gasteiger partial charge in [-0.3, -0.25) is 4.68 Å². The van der Waals surface area contributed by atoms with Gasteiger partial charge in [0.1, 0.15) is 0 Å². The van der Waals surface area contributed by atoms with Gasteiger partial charge in [0.05, 0.1) is 11.0 Å². The summed E-state index contributed by atoms with van der Waals surface area (Å²) in [6.07, 6.45) is 2.60. The summed E-state index contributed by atoms with van der Waals surface area (Å²) in [7, 11) is 1.97. The van der Waals surface area contributed by atoms with Crippen LogP contribution in [0.15, 0.2) is 0 Å². The third kappa shape index (κ3) is 1.30. The highest BCUT2D eigenvalue weighted by Gasteiger charge is 2.27. The van der Waals surface area contributed by atoms with Gasteiger partial charge >= 0.3 is 0 Å². The van der Waals surface area contributed by atoms with Crippen molar-refractivity contribution in [3.05, 3.63) is 16.3 Å². The van der Waals surface area contributed by atoms with Gasteiger partial charge < -0.3 is 0 Å². The van der Waals surface area contributed by atoms with Crippen molar-refractivity contribution in [1.82, 2.24) is 9.78 Å². The lowest BCUT2D eigenvalue weighted by molar-refractivity contribution is 0.725. The highest BCUT2D eigenvalue weighted by atomic mass is 15.3. The van der Waals surface area contributed by atoms with Crippen molar-refractivity contribution in [3.8, 4) is 0 Å². The molecule has 1 aliphatic carbocycles. The molecule has 0 unspecified atom stereocenters. The van der Waals surface area contributed by atoms with Gasteiger partial charge in [0.25, 0.3) is 0 Å². The summed E-state index contributed by atoms with van der Waals surface area (Å²) in [5.74, 6) is 0.714. The normalized spacial score (nSPS) is 16.2. The Morgan fingerprint density at radius 1 is 1.46 bits per heavy atom. The van der Waals surface area contributed by atoms with Crippen LogP contribution >= 0.6 is 0 Å². The van der Waals surface area contributed by atoms with Crippen LogP contribution in [0.1, 0.15) is 38.3 Å². The summed E-state index contributed by atoms with van der Waals surface area (Å²) in [5, 5.41) is 6.88. The first-order chi connectivity index (χ1) is 6.11. The molecule has 0 aromatic carbocycles. The second kappa shape index (κ2) is 2.72. The van der Waals surface area contributed by atoms with Gasteiger partial charge in [0.15, 0.2) is 0 Å². The SMILES string of the molecule is C=c1c(=C(C)C)c(C2CC2)nn1C. The average Bonchev–Trinajstić information content (AvgIpc) is 2.80. The van der Waals surface area contributed by atoms with E-state index in [4.69, 9.17) is 0 Å². The zero-order valence-corrected chi connectivity index (χ0v) is 8.59. The molecule has 0 radical (unpaired) electrons. The molecule has 1 saturated carbocycles. The first kappa shape index (κ1) is 8.54. The molecule has 70 valence electrons. The van der Waals surface area contributed by atoms with Gasteiger partial charge in [-0.2, -0.15) is 5.10 Å². The van der Waals surface area contributed by atoms with Gasteiger partial charge in [-0.1, -0.05) is 12.2 Å². The van der Waals surface area contributed by atoms with Crippen LogP contribution < -0.4 is 10.6 Å². The standard InChI is InChI=1S/C11H16N2/c1-7(2)10-8(3)13(4)12-11(10)9-5-6-9/h9H,3,5-6H2,1-2,4H3. The minimum absolute atomic E-state index is 0.714. The summed E-state index contributed by atoms with van der Waals surface area (Å²) in [4.78, 5) is 0. The van der Waals surface area contributed by atoms with Crippen molar-refractivity contribution in [2.45, 2.75) is 32.6 Å². The molecule has 0 saturated heterocycles. The van der Waals surface area contributed by atoms with Crippen LogP contribution in [0.5, 0.6) is 0 Å². The van der Waals surface area contributed by atoms with Crippen LogP contribution in [0.2, 0.25) is 0 Å². The number of nitrogens with zero attached hydrogens (tertiary/aromatic N) is 2. The predicted octanol–water partition coefficient (Wildman–Crippen LogP) is 0.898. The zero-order valence-electron chi connectivity index (χ0n) is 8.59. The van der Waals surface area contributed by atoms with Crippen molar-refractivity contribution in [1.29, 1.82) is 0 Å². The molecule has 13 heavy (non-hydrogen) atoms. The van der Waals surface area contributed by atoms with Crippen LogP contribution in [0.4, 0.5) is 0 Å². The highest BCUT2D eigenvalue weighted by Crippen LogP contribution is 2.37. The topological polar surface area (TPSA) is 17.8 Å². The zero-order chi connectivity index (χ0) is 9.59. The molecular weight excluding hydrogens is 160 g/mol. The third-order valence-electron chi connectivity index (χ3n) is 2.66. The molecule has 2 rings (SSSR count). The lowest BCUT2D eigenvalue weighted by Crippen LogP contribution is -2.28. The number of hydrogen-bond acceptors (Lipinski definition) is 1. The van der Waals surface area contributed by atoms with Crippen molar-refractivity contribution < 1.29 is 0 Å². The largest absolute Gasteiger partial charge is 0.268 e. The summed E-state index contributed by atoms with van der Waals surface area (Å²) in [5.41, 5.74) is 2.60. The number of aromatic nitrogens is 2. The lowest BCUT2D eigenvalue weighted by Gasteiger charge is -1.90. The first-order valence-electron chi connectivity index (χ1n) is 4.80. The third-order valence-corrected chi connectivity index (χ3v) is 2.66. The number of aryl methyl sites for hydroxylation is 1. The molecule has 0 atom stereocenters.